The monoisotopic (exact) mass is 290 g/mol. The number of carbonyl (C=O) groups is 1. The van der Waals surface area contributed by atoms with Crippen LogP contribution in [-0.4, -0.2) is 28.0 Å². The Balaban J connectivity index is 2.08. The van der Waals surface area contributed by atoms with Gasteiger partial charge in [-0.2, -0.15) is 0 Å². The predicted octanol–water partition coefficient (Wildman–Crippen LogP) is 3.07. The second kappa shape index (κ2) is 6.50. The minimum absolute atomic E-state index is 0.102. The van der Waals surface area contributed by atoms with Crippen molar-refractivity contribution in [2.45, 2.75) is 13.1 Å². The van der Waals surface area contributed by atoms with Gasteiger partial charge in [0, 0.05) is 24.3 Å². The van der Waals surface area contributed by atoms with Crippen LogP contribution in [0.25, 0.3) is 0 Å². The first-order valence-electron chi connectivity index (χ1n) is 6.16. The molecule has 0 aliphatic carbocycles. The molecule has 0 saturated heterocycles. The number of rotatable bonds is 5. The van der Waals surface area contributed by atoms with E-state index < -0.39 is 5.97 Å². The molecule has 0 fully saturated rings. The highest BCUT2D eigenvalue weighted by molar-refractivity contribution is 6.30. The molecule has 1 heterocycles. The molecule has 20 heavy (non-hydrogen) atoms. The number of carboxylic acid groups (broad SMARTS) is 1. The second-order valence-electron chi connectivity index (χ2n) is 4.62. The quantitative estimate of drug-likeness (QED) is 0.919. The van der Waals surface area contributed by atoms with Gasteiger partial charge in [-0.05, 0) is 36.4 Å². The Bertz CT molecular complexity index is 616. The van der Waals surface area contributed by atoms with E-state index in [1.54, 1.807) is 12.1 Å². The number of halogens is 1. The van der Waals surface area contributed by atoms with Crippen LogP contribution < -0.4 is 0 Å². The maximum atomic E-state index is 11.1. The fraction of sp³-hybridized carbons (Fsp3) is 0.200. The van der Waals surface area contributed by atoms with Crippen LogP contribution in [0.5, 0.6) is 0 Å². The molecule has 2 rings (SSSR count). The first-order valence-corrected chi connectivity index (χ1v) is 6.54. The molecule has 0 aliphatic rings. The number of benzene rings is 1. The molecule has 4 nitrogen and oxygen atoms in total. The maximum absolute atomic E-state index is 11.1. The van der Waals surface area contributed by atoms with Crippen molar-refractivity contribution in [3.05, 3.63) is 64.4 Å². The van der Waals surface area contributed by atoms with Gasteiger partial charge in [0.2, 0.25) is 0 Å². The maximum Gasteiger partial charge on any atom is 0.354 e. The largest absolute Gasteiger partial charge is 0.477 e. The summed E-state index contributed by atoms with van der Waals surface area (Å²) < 4.78 is 0. The number of aromatic nitrogens is 1. The molecule has 1 aromatic heterocycles. The molecule has 0 radical (unpaired) electrons. The number of aromatic carboxylic acids is 1. The summed E-state index contributed by atoms with van der Waals surface area (Å²) in [6.07, 6.45) is 1.49. The Morgan fingerprint density at radius 1 is 1.30 bits per heavy atom. The molecule has 1 aromatic carbocycles. The fourth-order valence-corrected chi connectivity index (χ4v) is 2.27. The van der Waals surface area contributed by atoms with Gasteiger partial charge in [-0.25, -0.2) is 9.78 Å². The van der Waals surface area contributed by atoms with Crippen molar-refractivity contribution < 1.29 is 9.90 Å². The topological polar surface area (TPSA) is 53.4 Å². The van der Waals surface area contributed by atoms with E-state index in [0.717, 1.165) is 5.56 Å². The van der Waals surface area contributed by atoms with Gasteiger partial charge in [-0.15, -0.1) is 0 Å². The fourth-order valence-electron chi connectivity index (χ4n) is 2.05. The highest BCUT2D eigenvalue weighted by Crippen LogP contribution is 2.14. The van der Waals surface area contributed by atoms with Crippen molar-refractivity contribution in [2.75, 3.05) is 7.05 Å². The molecule has 2 aromatic rings. The Hall–Kier alpha value is -1.91. The molecule has 0 aliphatic heterocycles. The third kappa shape index (κ3) is 3.79. The molecule has 0 bridgehead atoms. The Labute approximate surface area is 122 Å². The Morgan fingerprint density at radius 2 is 2.10 bits per heavy atom. The van der Waals surface area contributed by atoms with Crippen LogP contribution in [0.4, 0.5) is 0 Å². The third-order valence-corrected chi connectivity index (χ3v) is 3.11. The summed E-state index contributed by atoms with van der Waals surface area (Å²) in [5.74, 6) is -1.00. The molecule has 0 spiro atoms. The van der Waals surface area contributed by atoms with Crippen LogP contribution in [0, 0.1) is 0 Å². The third-order valence-electron chi connectivity index (χ3n) is 2.88. The van der Waals surface area contributed by atoms with E-state index in [1.165, 1.54) is 6.20 Å². The Kier molecular flexibility index (Phi) is 4.71. The lowest BCUT2D eigenvalue weighted by Crippen LogP contribution is -2.19. The molecule has 0 amide bonds. The zero-order chi connectivity index (χ0) is 14.5. The number of carboxylic acids is 1. The standard InChI is InChI=1S/C15H15ClN2O2/c1-18(9-11-4-2-6-13(16)8-11)10-12-5-3-7-17-14(12)15(19)20/h2-8H,9-10H2,1H3,(H,19,20). The highest BCUT2D eigenvalue weighted by Gasteiger charge is 2.12. The van der Waals surface area contributed by atoms with Gasteiger partial charge >= 0.3 is 5.97 Å². The molecular weight excluding hydrogens is 276 g/mol. The van der Waals surface area contributed by atoms with Gasteiger partial charge in [-0.1, -0.05) is 29.8 Å². The zero-order valence-electron chi connectivity index (χ0n) is 11.1. The van der Waals surface area contributed by atoms with Crippen molar-refractivity contribution in [1.82, 2.24) is 9.88 Å². The normalized spacial score (nSPS) is 10.8. The summed E-state index contributed by atoms with van der Waals surface area (Å²) in [7, 11) is 1.93. The Morgan fingerprint density at radius 3 is 2.80 bits per heavy atom. The van der Waals surface area contributed by atoms with E-state index in [1.807, 2.05) is 36.2 Å². The van der Waals surface area contributed by atoms with E-state index in [-0.39, 0.29) is 5.69 Å². The van der Waals surface area contributed by atoms with Crippen molar-refractivity contribution in [3.63, 3.8) is 0 Å². The van der Waals surface area contributed by atoms with Gasteiger partial charge in [0.1, 0.15) is 0 Å². The predicted molar refractivity (Wildman–Crippen MR) is 77.8 cm³/mol. The van der Waals surface area contributed by atoms with Gasteiger partial charge in [0.15, 0.2) is 5.69 Å². The summed E-state index contributed by atoms with van der Waals surface area (Å²) in [4.78, 5) is 17.0. The zero-order valence-corrected chi connectivity index (χ0v) is 11.8. The van der Waals surface area contributed by atoms with Gasteiger partial charge in [-0.3, -0.25) is 4.90 Å². The smallest absolute Gasteiger partial charge is 0.354 e. The number of hydrogen-bond donors (Lipinski definition) is 1. The average molecular weight is 291 g/mol. The number of pyridine rings is 1. The van der Waals surface area contributed by atoms with E-state index in [4.69, 9.17) is 16.7 Å². The summed E-state index contributed by atoms with van der Waals surface area (Å²) in [6.45, 7) is 1.20. The van der Waals surface area contributed by atoms with Crippen LogP contribution in [0.1, 0.15) is 21.6 Å². The molecule has 0 unspecified atom stereocenters. The lowest BCUT2D eigenvalue weighted by molar-refractivity contribution is 0.0688. The minimum atomic E-state index is -1.00. The van der Waals surface area contributed by atoms with E-state index in [9.17, 15) is 4.79 Å². The molecule has 1 N–H and O–H groups in total. The van der Waals surface area contributed by atoms with Crippen molar-refractivity contribution in [1.29, 1.82) is 0 Å². The summed E-state index contributed by atoms with van der Waals surface area (Å²) in [5, 5.41) is 9.80. The molecule has 104 valence electrons. The highest BCUT2D eigenvalue weighted by atomic mass is 35.5. The first kappa shape index (κ1) is 14.5. The van der Waals surface area contributed by atoms with Gasteiger partial charge in [0.05, 0.1) is 0 Å². The van der Waals surface area contributed by atoms with Crippen LogP contribution in [0.2, 0.25) is 5.02 Å². The van der Waals surface area contributed by atoms with Crippen LogP contribution >= 0.6 is 11.6 Å². The van der Waals surface area contributed by atoms with Crippen molar-refractivity contribution in [2.24, 2.45) is 0 Å². The summed E-state index contributed by atoms with van der Waals surface area (Å²) in [5.41, 5.74) is 1.88. The number of nitrogens with zero attached hydrogens (tertiary/aromatic N) is 2. The van der Waals surface area contributed by atoms with Gasteiger partial charge < -0.3 is 5.11 Å². The van der Waals surface area contributed by atoms with Crippen LogP contribution in [-0.2, 0) is 13.1 Å². The molecule has 0 atom stereocenters. The number of hydrogen-bond acceptors (Lipinski definition) is 3. The lowest BCUT2D eigenvalue weighted by atomic mass is 10.1. The van der Waals surface area contributed by atoms with E-state index in [2.05, 4.69) is 4.98 Å². The van der Waals surface area contributed by atoms with Gasteiger partial charge in [0.25, 0.3) is 0 Å². The lowest BCUT2D eigenvalue weighted by Gasteiger charge is -2.17. The van der Waals surface area contributed by atoms with E-state index >= 15 is 0 Å². The molecule has 5 heteroatoms. The van der Waals surface area contributed by atoms with Crippen molar-refractivity contribution >= 4 is 17.6 Å². The summed E-state index contributed by atoms with van der Waals surface area (Å²) >= 11 is 5.95. The first-order chi connectivity index (χ1) is 9.56. The van der Waals surface area contributed by atoms with Crippen LogP contribution in [0.3, 0.4) is 0 Å². The average Bonchev–Trinajstić information content (AvgIpc) is 2.38. The summed E-state index contributed by atoms with van der Waals surface area (Å²) in [6, 6.07) is 11.1. The van der Waals surface area contributed by atoms with E-state index in [0.29, 0.717) is 23.7 Å². The van der Waals surface area contributed by atoms with Crippen LogP contribution in [0.15, 0.2) is 42.6 Å². The minimum Gasteiger partial charge on any atom is -0.477 e. The SMILES string of the molecule is CN(Cc1cccc(Cl)c1)Cc1cccnc1C(=O)O. The molecule has 0 saturated carbocycles. The molecular formula is C15H15ClN2O2. The second-order valence-corrected chi connectivity index (χ2v) is 5.05. The van der Waals surface area contributed by atoms with Crippen molar-refractivity contribution in [3.8, 4) is 0 Å².